The molecule has 1 atom stereocenters. The number of ether oxygens (including phenoxy) is 1. The van der Waals surface area contributed by atoms with Crippen LogP contribution in [0.1, 0.15) is 19.8 Å². The third kappa shape index (κ3) is 3.46. The van der Waals surface area contributed by atoms with Crippen LogP contribution in [0.4, 0.5) is 0 Å². The van der Waals surface area contributed by atoms with E-state index in [-0.39, 0.29) is 5.91 Å². The number of amides is 1. The quantitative estimate of drug-likeness (QED) is 0.656. The summed E-state index contributed by atoms with van der Waals surface area (Å²) in [5, 5.41) is 0. The van der Waals surface area contributed by atoms with E-state index in [0.717, 1.165) is 32.7 Å². The van der Waals surface area contributed by atoms with Gasteiger partial charge in [-0.1, -0.05) is 0 Å². The summed E-state index contributed by atoms with van der Waals surface area (Å²) in [6.45, 7) is 5.24. The minimum atomic E-state index is 0.180. The first kappa shape index (κ1) is 11.8. The van der Waals surface area contributed by atoms with Gasteiger partial charge in [0.05, 0.1) is 6.61 Å². The standard InChI is InChI=1S/C10H18ClNO2/c1-2-14-8-9-4-6-12(7-9)10(13)3-5-11/h9H,2-8H2,1H3/t9-/m0/s1. The number of halogens is 1. The number of alkyl halides is 1. The molecule has 1 rings (SSSR count). The first-order chi connectivity index (χ1) is 6.77. The van der Waals surface area contributed by atoms with Gasteiger partial charge in [-0.05, 0) is 13.3 Å². The van der Waals surface area contributed by atoms with Gasteiger partial charge in [0.2, 0.25) is 5.91 Å². The molecule has 0 aromatic rings. The van der Waals surface area contributed by atoms with Crippen LogP contribution in [0.25, 0.3) is 0 Å². The Morgan fingerprint density at radius 3 is 3.07 bits per heavy atom. The van der Waals surface area contributed by atoms with Crippen LogP contribution < -0.4 is 0 Å². The Balaban J connectivity index is 2.22. The highest BCUT2D eigenvalue weighted by Crippen LogP contribution is 2.17. The van der Waals surface area contributed by atoms with E-state index in [9.17, 15) is 4.79 Å². The molecule has 4 heteroatoms. The summed E-state index contributed by atoms with van der Waals surface area (Å²) >= 11 is 5.52. The Morgan fingerprint density at radius 2 is 2.43 bits per heavy atom. The van der Waals surface area contributed by atoms with Crippen molar-refractivity contribution in [2.45, 2.75) is 19.8 Å². The number of carbonyl (C=O) groups excluding carboxylic acids is 1. The molecule has 0 unspecified atom stereocenters. The molecule has 0 spiro atoms. The van der Waals surface area contributed by atoms with Crippen LogP contribution in [0.15, 0.2) is 0 Å². The number of hydrogen-bond acceptors (Lipinski definition) is 2. The molecule has 0 aromatic carbocycles. The molecule has 0 saturated carbocycles. The van der Waals surface area contributed by atoms with Crippen LogP contribution in [0.3, 0.4) is 0 Å². The molecule has 1 heterocycles. The number of hydrogen-bond donors (Lipinski definition) is 0. The lowest BCUT2D eigenvalue weighted by molar-refractivity contribution is -0.129. The van der Waals surface area contributed by atoms with Gasteiger partial charge < -0.3 is 9.64 Å². The van der Waals surface area contributed by atoms with E-state index in [0.29, 0.717) is 18.2 Å². The molecule has 1 amide bonds. The smallest absolute Gasteiger partial charge is 0.223 e. The van der Waals surface area contributed by atoms with Crippen LogP contribution in [-0.4, -0.2) is 43.0 Å². The average Bonchev–Trinajstić information content (AvgIpc) is 2.63. The fourth-order valence-corrected chi connectivity index (χ4v) is 1.88. The summed E-state index contributed by atoms with van der Waals surface area (Å²) in [5.41, 5.74) is 0. The number of nitrogens with zero attached hydrogens (tertiary/aromatic N) is 1. The van der Waals surface area contributed by atoms with Crippen molar-refractivity contribution >= 4 is 17.5 Å². The second-order valence-corrected chi connectivity index (χ2v) is 3.97. The highest BCUT2D eigenvalue weighted by molar-refractivity contribution is 6.18. The fraction of sp³-hybridized carbons (Fsp3) is 0.900. The Kier molecular flexibility index (Phi) is 5.26. The maximum absolute atomic E-state index is 11.5. The normalized spacial score (nSPS) is 21.6. The number of carbonyl (C=O) groups is 1. The van der Waals surface area contributed by atoms with E-state index in [1.54, 1.807) is 0 Å². The van der Waals surface area contributed by atoms with Gasteiger partial charge in [-0.25, -0.2) is 0 Å². The summed E-state index contributed by atoms with van der Waals surface area (Å²) in [7, 11) is 0. The third-order valence-electron chi connectivity index (χ3n) is 2.50. The summed E-state index contributed by atoms with van der Waals surface area (Å²) in [6, 6.07) is 0. The van der Waals surface area contributed by atoms with Crippen molar-refractivity contribution in [1.82, 2.24) is 4.90 Å². The minimum absolute atomic E-state index is 0.180. The van der Waals surface area contributed by atoms with Crippen molar-refractivity contribution in [3.05, 3.63) is 0 Å². The van der Waals surface area contributed by atoms with Crippen molar-refractivity contribution in [2.24, 2.45) is 5.92 Å². The van der Waals surface area contributed by atoms with E-state index in [4.69, 9.17) is 16.3 Å². The van der Waals surface area contributed by atoms with Gasteiger partial charge in [0.1, 0.15) is 0 Å². The van der Waals surface area contributed by atoms with E-state index in [1.807, 2.05) is 11.8 Å². The molecule has 0 radical (unpaired) electrons. The zero-order chi connectivity index (χ0) is 10.4. The molecule has 1 aliphatic heterocycles. The van der Waals surface area contributed by atoms with Gasteiger partial charge >= 0.3 is 0 Å². The fourth-order valence-electron chi connectivity index (χ4n) is 1.72. The van der Waals surface area contributed by atoms with Crippen LogP contribution in [0.2, 0.25) is 0 Å². The van der Waals surface area contributed by atoms with Crippen LogP contribution >= 0.6 is 11.6 Å². The highest BCUT2D eigenvalue weighted by Gasteiger charge is 2.25. The van der Waals surface area contributed by atoms with Crippen molar-refractivity contribution in [1.29, 1.82) is 0 Å². The lowest BCUT2D eigenvalue weighted by Crippen LogP contribution is -2.29. The summed E-state index contributed by atoms with van der Waals surface area (Å²) in [4.78, 5) is 13.4. The van der Waals surface area contributed by atoms with Crippen molar-refractivity contribution < 1.29 is 9.53 Å². The minimum Gasteiger partial charge on any atom is -0.381 e. The molecule has 3 nitrogen and oxygen atoms in total. The maximum atomic E-state index is 11.5. The van der Waals surface area contributed by atoms with Crippen LogP contribution in [0, 0.1) is 5.92 Å². The van der Waals surface area contributed by atoms with Crippen molar-refractivity contribution in [3.8, 4) is 0 Å². The highest BCUT2D eigenvalue weighted by atomic mass is 35.5. The Morgan fingerprint density at radius 1 is 1.64 bits per heavy atom. The van der Waals surface area contributed by atoms with Gasteiger partial charge in [0.15, 0.2) is 0 Å². The lowest BCUT2D eigenvalue weighted by atomic mass is 10.1. The van der Waals surface area contributed by atoms with Crippen molar-refractivity contribution in [3.63, 3.8) is 0 Å². The summed E-state index contributed by atoms with van der Waals surface area (Å²) in [6.07, 6.45) is 1.52. The molecule has 1 aliphatic rings. The van der Waals surface area contributed by atoms with Crippen LogP contribution in [-0.2, 0) is 9.53 Å². The van der Waals surface area contributed by atoms with E-state index >= 15 is 0 Å². The topological polar surface area (TPSA) is 29.5 Å². The molecular weight excluding hydrogens is 202 g/mol. The molecule has 82 valence electrons. The first-order valence-corrected chi connectivity index (χ1v) is 5.72. The largest absolute Gasteiger partial charge is 0.381 e. The van der Waals surface area contributed by atoms with Gasteiger partial charge in [-0.15, -0.1) is 11.6 Å². The van der Waals surface area contributed by atoms with Crippen molar-refractivity contribution in [2.75, 3.05) is 32.2 Å². The zero-order valence-electron chi connectivity index (χ0n) is 8.67. The zero-order valence-corrected chi connectivity index (χ0v) is 9.42. The predicted octanol–water partition coefficient (Wildman–Crippen LogP) is 1.50. The third-order valence-corrected chi connectivity index (χ3v) is 2.69. The molecule has 1 fully saturated rings. The van der Waals surface area contributed by atoms with E-state index in [1.165, 1.54) is 0 Å². The van der Waals surface area contributed by atoms with Crippen LogP contribution in [0.5, 0.6) is 0 Å². The van der Waals surface area contributed by atoms with E-state index in [2.05, 4.69) is 0 Å². The Labute approximate surface area is 90.4 Å². The predicted molar refractivity (Wildman–Crippen MR) is 56.5 cm³/mol. The summed E-state index contributed by atoms with van der Waals surface area (Å²) < 4.78 is 5.34. The molecule has 0 N–H and O–H groups in total. The molecule has 0 aromatic heterocycles. The number of likely N-dealkylation sites (tertiary alicyclic amines) is 1. The Hall–Kier alpha value is -0.280. The van der Waals surface area contributed by atoms with E-state index < -0.39 is 0 Å². The summed E-state index contributed by atoms with van der Waals surface area (Å²) in [5.74, 6) is 1.12. The molecule has 1 saturated heterocycles. The second kappa shape index (κ2) is 6.25. The second-order valence-electron chi connectivity index (χ2n) is 3.59. The molecular formula is C10H18ClNO2. The van der Waals surface area contributed by atoms with Gasteiger partial charge in [-0.2, -0.15) is 0 Å². The van der Waals surface area contributed by atoms with Gasteiger partial charge in [0.25, 0.3) is 0 Å². The lowest BCUT2D eigenvalue weighted by Gasteiger charge is -2.15. The molecule has 0 aliphatic carbocycles. The van der Waals surface area contributed by atoms with Gasteiger partial charge in [-0.3, -0.25) is 4.79 Å². The van der Waals surface area contributed by atoms with Gasteiger partial charge in [0, 0.05) is 37.9 Å². The molecule has 0 bridgehead atoms. The first-order valence-electron chi connectivity index (χ1n) is 5.19. The maximum Gasteiger partial charge on any atom is 0.223 e. The molecule has 14 heavy (non-hydrogen) atoms. The number of rotatable bonds is 5. The SMILES string of the molecule is CCOC[C@H]1CCN(C(=O)CCCl)C1. The Bertz CT molecular complexity index is 187. The average molecular weight is 220 g/mol. The monoisotopic (exact) mass is 219 g/mol.